The summed E-state index contributed by atoms with van der Waals surface area (Å²) in [5.41, 5.74) is 1.86. The Morgan fingerprint density at radius 1 is 1.14 bits per heavy atom. The predicted octanol–water partition coefficient (Wildman–Crippen LogP) is 3.01. The highest BCUT2D eigenvalue weighted by Crippen LogP contribution is 2.44. The zero-order valence-electron chi connectivity index (χ0n) is 16.8. The summed E-state index contributed by atoms with van der Waals surface area (Å²) in [5.74, 6) is 0.204. The molecule has 0 spiro atoms. The van der Waals surface area contributed by atoms with Crippen molar-refractivity contribution >= 4 is 5.91 Å². The molecule has 3 atom stereocenters. The van der Waals surface area contributed by atoms with Gasteiger partial charge in [0.1, 0.15) is 11.4 Å². The lowest BCUT2D eigenvalue weighted by molar-refractivity contribution is 0.0764. The number of rotatable bonds is 3. The van der Waals surface area contributed by atoms with Crippen LogP contribution >= 0.6 is 0 Å². The van der Waals surface area contributed by atoms with Crippen molar-refractivity contribution in [1.82, 2.24) is 14.4 Å². The maximum atomic E-state index is 13.8. The first-order chi connectivity index (χ1) is 13.9. The van der Waals surface area contributed by atoms with Crippen molar-refractivity contribution in [3.8, 4) is 0 Å². The number of benzene rings is 1. The number of carbonyl (C=O) groups excluding carboxylic acids is 1. The maximum Gasteiger partial charge on any atom is 0.263 e. The topological polar surface area (TPSA) is 45.6 Å². The van der Waals surface area contributed by atoms with E-state index in [4.69, 9.17) is 0 Å². The van der Waals surface area contributed by atoms with Gasteiger partial charge in [-0.2, -0.15) is 0 Å². The third-order valence-electron chi connectivity index (χ3n) is 6.85. The minimum absolute atomic E-state index is 0.0912. The summed E-state index contributed by atoms with van der Waals surface area (Å²) < 4.78 is 15.5. The number of hydrogen-bond acceptors (Lipinski definition) is 3. The highest BCUT2D eigenvalue weighted by atomic mass is 19.1. The van der Waals surface area contributed by atoms with Crippen LogP contribution in [-0.2, 0) is 0 Å². The zero-order valence-corrected chi connectivity index (χ0v) is 16.8. The number of aromatic nitrogens is 1. The molecule has 1 amide bonds. The summed E-state index contributed by atoms with van der Waals surface area (Å²) in [6, 6.07) is 9.00. The first-order valence-corrected chi connectivity index (χ1v) is 10.4. The van der Waals surface area contributed by atoms with E-state index in [0.717, 1.165) is 30.5 Å². The molecule has 2 aliphatic heterocycles. The van der Waals surface area contributed by atoms with Crippen molar-refractivity contribution < 1.29 is 9.18 Å². The number of amides is 1. The Kier molecular flexibility index (Phi) is 4.35. The molecule has 5 nitrogen and oxygen atoms in total. The Labute approximate surface area is 169 Å². The van der Waals surface area contributed by atoms with Gasteiger partial charge in [-0.3, -0.25) is 14.5 Å². The summed E-state index contributed by atoms with van der Waals surface area (Å²) in [5, 5.41) is 0. The van der Waals surface area contributed by atoms with Gasteiger partial charge in [-0.1, -0.05) is 12.1 Å². The molecule has 0 radical (unpaired) electrons. The van der Waals surface area contributed by atoms with Gasteiger partial charge in [0.15, 0.2) is 0 Å². The van der Waals surface area contributed by atoms with Crippen molar-refractivity contribution in [2.24, 2.45) is 11.8 Å². The van der Waals surface area contributed by atoms with Crippen LogP contribution in [0, 0.1) is 24.6 Å². The molecule has 0 N–H and O–H groups in total. The molecule has 3 aliphatic rings. The lowest BCUT2D eigenvalue weighted by Crippen LogP contribution is -2.38. The van der Waals surface area contributed by atoms with Crippen LogP contribution in [0.3, 0.4) is 0 Å². The molecule has 0 bridgehead atoms. The largest absolute Gasteiger partial charge is 0.338 e. The molecule has 152 valence electrons. The number of nitrogens with zero attached hydrogens (tertiary/aromatic N) is 3. The molecule has 1 aromatic heterocycles. The number of halogens is 1. The van der Waals surface area contributed by atoms with Gasteiger partial charge < -0.3 is 9.47 Å². The van der Waals surface area contributed by atoms with Crippen LogP contribution < -0.4 is 5.56 Å². The van der Waals surface area contributed by atoms with Gasteiger partial charge in [0, 0.05) is 43.8 Å². The van der Waals surface area contributed by atoms with E-state index in [2.05, 4.69) is 11.9 Å². The second-order valence-corrected chi connectivity index (χ2v) is 8.89. The highest BCUT2D eigenvalue weighted by Gasteiger charge is 2.47. The monoisotopic (exact) mass is 395 g/mol. The summed E-state index contributed by atoms with van der Waals surface area (Å²) in [4.78, 5) is 30.4. The van der Waals surface area contributed by atoms with Gasteiger partial charge in [-0.05, 0) is 62.1 Å². The van der Waals surface area contributed by atoms with Crippen molar-refractivity contribution in [1.29, 1.82) is 0 Å². The minimum atomic E-state index is -0.231. The molecule has 2 saturated heterocycles. The molecule has 2 aromatic rings. The standard InChI is InChI=1S/C23H26FN3O2/c1-14-8-9-27(18-6-7-18)23(29)20(14)22(28)26-12-16-11-25(2)21(19(16)13-26)15-4-3-5-17(24)10-15/h3-5,8-10,16,18-19,21H,6-7,11-13H2,1-2H3/t16-,19+,21-/m0/s1. The lowest BCUT2D eigenvalue weighted by Gasteiger charge is -2.27. The van der Waals surface area contributed by atoms with Crippen molar-refractivity contribution in [3.63, 3.8) is 0 Å². The van der Waals surface area contributed by atoms with E-state index in [9.17, 15) is 14.0 Å². The van der Waals surface area contributed by atoms with Crippen LogP contribution in [0.15, 0.2) is 41.3 Å². The number of fused-ring (bicyclic) bond motifs is 1. The lowest BCUT2D eigenvalue weighted by atomic mass is 9.89. The average molecular weight is 395 g/mol. The molecule has 3 heterocycles. The molecular formula is C23H26FN3O2. The number of likely N-dealkylation sites (tertiary alicyclic amines) is 2. The van der Waals surface area contributed by atoms with E-state index in [-0.39, 0.29) is 35.3 Å². The first-order valence-electron chi connectivity index (χ1n) is 10.4. The SMILES string of the molecule is Cc1ccn(C2CC2)c(=O)c1C(=O)N1C[C@@H]2CN(C)[C@@H](c3cccc(F)c3)[C@@H]2C1. The summed E-state index contributed by atoms with van der Waals surface area (Å²) in [6.07, 6.45) is 3.83. The van der Waals surface area contributed by atoms with Crippen molar-refractivity contribution in [2.45, 2.75) is 31.8 Å². The van der Waals surface area contributed by atoms with Crippen LogP contribution in [0.25, 0.3) is 0 Å². The Balaban J connectivity index is 1.42. The number of carbonyl (C=O) groups is 1. The van der Waals surface area contributed by atoms with E-state index in [1.54, 1.807) is 16.7 Å². The van der Waals surface area contributed by atoms with Crippen LogP contribution in [0.1, 0.15) is 46.4 Å². The van der Waals surface area contributed by atoms with Gasteiger partial charge in [0.25, 0.3) is 11.5 Å². The van der Waals surface area contributed by atoms with E-state index in [1.165, 1.54) is 6.07 Å². The van der Waals surface area contributed by atoms with Gasteiger partial charge in [-0.25, -0.2) is 4.39 Å². The van der Waals surface area contributed by atoms with E-state index < -0.39 is 0 Å². The van der Waals surface area contributed by atoms with E-state index >= 15 is 0 Å². The second-order valence-electron chi connectivity index (χ2n) is 8.89. The quantitative estimate of drug-likeness (QED) is 0.803. The molecule has 29 heavy (non-hydrogen) atoms. The molecule has 3 fully saturated rings. The van der Waals surface area contributed by atoms with Crippen LogP contribution in [0.2, 0.25) is 0 Å². The summed E-state index contributed by atoms with van der Waals surface area (Å²) in [7, 11) is 2.07. The molecule has 1 aliphatic carbocycles. The van der Waals surface area contributed by atoms with Crippen molar-refractivity contribution in [2.75, 3.05) is 26.7 Å². The predicted molar refractivity (Wildman–Crippen MR) is 108 cm³/mol. The molecular weight excluding hydrogens is 369 g/mol. The molecule has 1 saturated carbocycles. The minimum Gasteiger partial charge on any atom is -0.338 e. The fourth-order valence-electron chi connectivity index (χ4n) is 5.32. The van der Waals surface area contributed by atoms with Crippen LogP contribution in [0.5, 0.6) is 0 Å². The van der Waals surface area contributed by atoms with Crippen molar-refractivity contribution in [3.05, 3.63) is 69.4 Å². The van der Waals surface area contributed by atoms with Gasteiger partial charge in [0.2, 0.25) is 0 Å². The Morgan fingerprint density at radius 3 is 2.66 bits per heavy atom. The highest BCUT2D eigenvalue weighted by molar-refractivity contribution is 5.95. The van der Waals surface area contributed by atoms with E-state index in [1.807, 2.05) is 30.2 Å². The first kappa shape index (κ1) is 18.6. The smallest absolute Gasteiger partial charge is 0.263 e. The molecule has 1 aromatic carbocycles. The summed E-state index contributed by atoms with van der Waals surface area (Å²) >= 11 is 0. The maximum absolute atomic E-state index is 13.8. The van der Waals surface area contributed by atoms with Gasteiger partial charge >= 0.3 is 0 Å². The van der Waals surface area contributed by atoms with Gasteiger partial charge in [0.05, 0.1) is 0 Å². The van der Waals surface area contributed by atoms with Crippen LogP contribution in [0.4, 0.5) is 4.39 Å². The zero-order chi connectivity index (χ0) is 20.3. The number of hydrogen-bond donors (Lipinski definition) is 0. The Bertz CT molecular complexity index is 1030. The third kappa shape index (κ3) is 3.10. The third-order valence-corrected chi connectivity index (χ3v) is 6.85. The second kappa shape index (κ2) is 6.80. The Hall–Kier alpha value is -2.47. The average Bonchev–Trinajstić information content (AvgIpc) is 3.35. The normalized spacial score (nSPS) is 26.7. The number of pyridine rings is 1. The van der Waals surface area contributed by atoms with E-state index in [0.29, 0.717) is 24.6 Å². The fraction of sp³-hybridized carbons (Fsp3) is 0.478. The molecule has 5 rings (SSSR count). The van der Waals surface area contributed by atoms with Gasteiger partial charge in [-0.15, -0.1) is 0 Å². The Morgan fingerprint density at radius 2 is 1.93 bits per heavy atom. The number of aryl methyl sites for hydroxylation is 1. The molecule has 0 unspecified atom stereocenters. The summed E-state index contributed by atoms with van der Waals surface area (Å²) in [6.45, 7) is 3.96. The van der Waals surface area contributed by atoms with Crippen LogP contribution in [-0.4, -0.2) is 47.0 Å². The fourth-order valence-corrected chi connectivity index (χ4v) is 5.32. The molecule has 6 heteroatoms.